The summed E-state index contributed by atoms with van der Waals surface area (Å²) in [5, 5.41) is 6.13. The minimum absolute atomic E-state index is 0.0613. The number of nitrogens with zero attached hydrogens (tertiary/aromatic N) is 6. The van der Waals surface area contributed by atoms with E-state index in [-0.39, 0.29) is 17.4 Å². The zero-order valence-corrected chi connectivity index (χ0v) is 21.7. The molecule has 2 bridgehead atoms. The van der Waals surface area contributed by atoms with Crippen molar-refractivity contribution in [1.29, 1.82) is 0 Å². The molecule has 3 aliphatic carbocycles. The number of rotatable bonds is 9. The van der Waals surface area contributed by atoms with Gasteiger partial charge in [-0.1, -0.05) is 0 Å². The standard InChI is InChI=1S/C27H36N8O2/c1-18(2)33-7-9-34(10-8-33)22-3-4-23(29-16-22)31-26-30-15-21(11-20-5-6-28-25(20)37)24(32-26)35(17-36)27-12-19(13-27)14-27/h3-4,15-20H,5-14H2,1-2H3,(H,28,37)(H,29,30,31,32)/t19?,20-,27?/m0/s1. The first-order valence-corrected chi connectivity index (χ1v) is 13.5. The van der Waals surface area contributed by atoms with E-state index in [1.54, 1.807) is 11.1 Å². The molecule has 0 radical (unpaired) electrons. The second kappa shape index (κ2) is 9.55. The largest absolute Gasteiger partial charge is 0.368 e. The fourth-order valence-electron chi connectivity index (χ4n) is 6.29. The molecule has 0 aromatic carbocycles. The number of hydrogen-bond donors (Lipinski definition) is 2. The van der Waals surface area contributed by atoms with Crippen molar-refractivity contribution in [2.24, 2.45) is 11.8 Å². The summed E-state index contributed by atoms with van der Waals surface area (Å²) in [5.41, 5.74) is 1.83. The Morgan fingerprint density at radius 3 is 2.51 bits per heavy atom. The lowest BCUT2D eigenvalue weighted by Gasteiger charge is -2.65. The summed E-state index contributed by atoms with van der Waals surface area (Å²) in [6.45, 7) is 9.26. The number of piperazine rings is 1. The number of pyridine rings is 1. The Bertz CT molecular complexity index is 1140. The number of hydrogen-bond acceptors (Lipinski definition) is 8. The van der Waals surface area contributed by atoms with Gasteiger partial charge in [-0.15, -0.1) is 0 Å². The van der Waals surface area contributed by atoms with Crippen molar-refractivity contribution in [2.75, 3.05) is 47.8 Å². The third-order valence-corrected chi connectivity index (χ3v) is 8.72. The molecule has 5 aliphatic rings. The van der Waals surface area contributed by atoms with Gasteiger partial charge < -0.3 is 15.5 Å². The van der Waals surface area contributed by atoms with Crippen LogP contribution in [0.15, 0.2) is 24.5 Å². The molecular formula is C27H36N8O2. The van der Waals surface area contributed by atoms with Crippen molar-refractivity contribution < 1.29 is 9.59 Å². The van der Waals surface area contributed by atoms with Crippen molar-refractivity contribution >= 4 is 35.6 Å². The SMILES string of the molecule is CC(C)N1CCN(c2ccc(Nc3ncc(C[C@@H]4CCNC4=O)c(N(C=O)C45CC(C4)C5)n3)nc2)CC1. The molecule has 196 valence electrons. The van der Waals surface area contributed by atoms with E-state index >= 15 is 0 Å². The molecule has 1 atom stereocenters. The van der Waals surface area contributed by atoms with Gasteiger partial charge in [0, 0.05) is 62.0 Å². The lowest BCUT2D eigenvalue weighted by atomic mass is 9.49. The number of nitrogens with one attached hydrogen (secondary N) is 2. The monoisotopic (exact) mass is 504 g/mol. The van der Waals surface area contributed by atoms with Crippen LogP contribution in [0, 0.1) is 11.8 Å². The average molecular weight is 505 g/mol. The zero-order chi connectivity index (χ0) is 25.6. The summed E-state index contributed by atoms with van der Waals surface area (Å²) in [6, 6.07) is 4.60. The molecule has 2 aliphatic heterocycles. The predicted molar refractivity (Wildman–Crippen MR) is 142 cm³/mol. The summed E-state index contributed by atoms with van der Waals surface area (Å²) < 4.78 is 0. The molecule has 2 aromatic heterocycles. The van der Waals surface area contributed by atoms with E-state index in [0.29, 0.717) is 36.6 Å². The second-order valence-corrected chi connectivity index (χ2v) is 11.3. The van der Waals surface area contributed by atoms with Crippen LogP contribution in [-0.2, 0) is 16.0 Å². The van der Waals surface area contributed by atoms with Gasteiger partial charge in [-0.25, -0.2) is 9.97 Å². The van der Waals surface area contributed by atoms with Crippen molar-refractivity contribution in [3.63, 3.8) is 0 Å². The Balaban J connectivity index is 1.19. The van der Waals surface area contributed by atoms with E-state index < -0.39 is 0 Å². The summed E-state index contributed by atoms with van der Waals surface area (Å²) in [6.07, 6.45) is 8.95. The van der Waals surface area contributed by atoms with Gasteiger partial charge >= 0.3 is 0 Å². The Labute approximate surface area is 217 Å². The quantitative estimate of drug-likeness (QED) is 0.501. The van der Waals surface area contributed by atoms with Gasteiger partial charge in [-0.2, -0.15) is 4.98 Å². The minimum atomic E-state index is -0.121. The fourth-order valence-corrected chi connectivity index (χ4v) is 6.29. The molecule has 4 heterocycles. The van der Waals surface area contributed by atoms with E-state index in [1.165, 1.54) is 0 Å². The van der Waals surface area contributed by atoms with Crippen LogP contribution >= 0.6 is 0 Å². The van der Waals surface area contributed by atoms with Crippen molar-refractivity contribution in [2.45, 2.75) is 57.5 Å². The van der Waals surface area contributed by atoms with Crippen LogP contribution in [0.4, 0.5) is 23.3 Å². The Morgan fingerprint density at radius 2 is 1.95 bits per heavy atom. The van der Waals surface area contributed by atoms with Gasteiger partial charge in [0.25, 0.3) is 0 Å². The summed E-state index contributed by atoms with van der Waals surface area (Å²) in [7, 11) is 0. The molecule has 5 fully saturated rings. The highest BCUT2D eigenvalue weighted by atomic mass is 16.2. The lowest BCUT2D eigenvalue weighted by molar-refractivity contribution is -0.122. The van der Waals surface area contributed by atoms with E-state index in [9.17, 15) is 9.59 Å². The summed E-state index contributed by atoms with van der Waals surface area (Å²) in [4.78, 5) is 45.1. The Kier molecular flexibility index (Phi) is 6.22. The van der Waals surface area contributed by atoms with Gasteiger partial charge in [0.15, 0.2) is 0 Å². The van der Waals surface area contributed by atoms with E-state index in [0.717, 1.165) is 75.4 Å². The molecule has 37 heavy (non-hydrogen) atoms. The molecule has 3 saturated carbocycles. The first-order chi connectivity index (χ1) is 17.9. The van der Waals surface area contributed by atoms with Gasteiger partial charge in [0.2, 0.25) is 18.3 Å². The van der Waals surface area contributed by atoms with Gasteiger partial charge in [-0.3, -0.25) is 19.4 Å². The molecule has 0 unspecified atom stereocenters. The maximum atomic E-state index is 12.3. The number of amides is 2. The Morgan fingerprint density at radius 1 is 1.16 bits per heavy atom. The van der Waals surface area contributed by atoms with E-state index in [4.69, 9.17) is 4.98 Å². The van der Waals surface area contributed by atoms with E-state index in [1.807, 2.05) is 12.3 Å². The first kappa shape index (κ1) is 24.1. The first-order valence-electron chi connectivity index (χ1n) is 13.5. The number of anilines is 4. The van der Waals surface area contributed by atoms with Crippen LogP contribution < -0.4 is 20.4 Å². The van der Waals surface area contributed by atoms with Crippen molar-refractivity contribution in [3.05, 3.63) is 30.1 Å². The molecule has 2 saturated heterocycles. The molecular weight excluding hydrogens is 468 g/mol. The average Bonchev–Trinajstić information content (AvgIpc) is 3.26. The lowest BCUT2D eigenvalue weighted by Crippen LogP contribution is -2.68. The van der Waals surface area contributed by atoms with Crippen LogP contribution in [-0.4, -0.2) is 76.5 Å². The van der Waals surface area contributed by atoms with Crippen LogP contribution in [0.5, 0.6) is 0 Å². The van der Waals surface area contributed by atoms with E-state index in [2.05, 4.69) is 50.3 Å². The van der Waals surface area contributed by atoms with Gasteiger partial charge in [0.1, 0.15) is 11.6 Å². The maximum absolute atomic E-state index is 12.3. The van der Waals surface area contributed by atoms with Gasteiger partial charge in [0.05, 0.1) is 11.9 Å². The number of carbonyl (C=O) groups excluding carboxylic acids is 2. The van der Waals surface area contributed by atoms with Crippen molar-refractivity contribution in [3.8, 4) is 0 Å². The van der Waals surface area contributed by atoms with Crippen LogP contribution in [0.3, 0.4) is 0 Å². The highest BCUT2D eigenvalue weighted by Gasteiger charge is 2.61. The normalized spacial score (nSPS) is 26.9. The Hall–Kier alpha value is -3.27. The third-order valence-electron chi connectivity index (χ3n) is 8.72. The molecule has 2 aromatic rings. The molecule has 2 amide bonds. The second-order valence-electron chi connectivity index (χ2n) is 11.3. The zero-order valence-electron chi connectivity index (χ0n) is 21.7. The topological polar surface area (TPSA) is 107 Å². The third kappa shape index (κ3) is 4.52. The highest BCUT2D eigenvalue weighted by molar-refractivity contribution is 5.82. The minimum Gasteiger partial charge on any atom is -0.368 e. The highest BCUT2D eigenvalue weighted by Crippen LogP contribution is 2.61. The molecule has 7 rings (SSSR count). The van der Waals surface area contributed by atoms with Crippen LogP contribution in [0.2, 0.25) is 0 Å². The number of aromatic nitrogens is 3. The molecule has 0 spiro atoms. The maximum Gasteiger partial charge on any atom is 0.230 e. The number of carbonyl (C=O) groups is 2. The predicted octanol–water partition coefficient (Wildman–Crippen LogP) is 2.34. The smallest absolute Gasteiger partial charge is 0.230 e. The van der Waals surface area contributed by atoms with Crippen LogP contribution in [0.25, 0.3) is 0 Å². The molecule has 2 N–H and O–H groups in total. The molecule has 10 nitrogen and oxygen atoms in total. The molecule has 10 heteroatoms. The summed E-state index contributed by atoms with van der Waals surface area (Å²) >= 11 is 0. The summed E-state index contributed by atoms with van der Waals surface area (Å²) in [5.74, 6) is 2.35. The van der Waals surface area contributed by atoms with Crippen LogP contribution in [0.1, 0.15) is 45.1 Å². The van der Waals surface area contributed by atoms with Gasteiger partial charge in [-0.05, 0) is 64.0 Å². The van der Waals surface area contributed by atoms with Crippen molar-refractivity contribution in [1.82, 2.24) is 25.2 Å². The fraction of sp³-hybridized carbons (Fsp3) is 0.593.